The second kappa shape index (κ2) is 10.6. The lowest BCUT2D eigenvalue weighted by molar-refractivity contribution is -0.183. The van der Waals surface area contributed by atoms with E-state index in [1.165, 1.54) is 27.9 Å². The highest BCUT2D eigenvalue weighted by molar-refractivity contribution is 5.94. The summed E-state index contributed by atoms with van der Waals surface area (Å²) < 4.78 is 41.6. The molecule has 2 N–H and O–H groups in total. The minimum Gasteiger partial charge on any atom is -0.350 e. The first kappa shape index (κ1) is 24.2. The second-order valence-electron chi connectivity index (χ2n) is 5.91. The van der Waals surface area contributed by atoms with Gasteiger partial charge in [0.05, 0.1) is 0 Å². The number of pyridine rings is 1. The van der Waals surface area contributed by atoms with E-state index >= 15 is 0 Å². The lowest BCUT2D eigenvalue weighted by Gasteiger charge is -2.35. The summed E-state index contributed by atoms with van der Waals surface area (Å²) in [7, 11) is 0. The van der Waals surface area contributed by atoms with Crippen LogP contribution in [0.5, 0.6) is 0 Å². The number of nitrogens with one attached hydrogen (secondary N) is 2. The molecule has 7 nitrogen and oxygen atoms in total. The Bertz CT molecular complexity index is 738. The molecule has 0 spiro atoms. The quantitative estimate of drug-likeness (QED) is 0.739. The summed E-state index contributed by atoms with van der Waals surface area (Å²) >= 11 is 0. The number of alkyl halides is 3. The van der Waals surface area contributed by atoms with E-state index in [2.05, 4.69) is 20.7 Å². The summed E-state index contributed by atoms with van der Waals surface area (Å²) in [5.74, 6) is -0.165. The smallest absolute Gasteiger partial charge is 0.350 e. The van der Waals surface area contributed by atoms with Crippen LogP contribution in [-0.2, 0) is 0 Å². The molecule has 12 heteroatoms. The fraction of sp³-hybridized carbons (Fsp3) is 0.438. The summed E-state index contributed by atoms with van der Waals surface area (Å²) in [5.41, 5.74) is 0.228. The van der Waals surface area contributed by atoms with Crippen LogP contribution in [0.15, 0.2) is 36.8 Å². The molecule has 1 aliphatic heterocycles. The van der Waals surface area contributed by atoms with Crippen molar-refractivity contribution in [2.45, 2.75) is 12.2 Å². The van der Waals surface area contributed by atoms with Gasteiger partial charge < -0.3 is 10.6 Å². The van der Waals surface area contributed by atoms with Crippen molar-refractivity contribution in [1.82, 2.24) is 30.3 Å². The van der Waals surface area contributed by atoms with Crippen molar-refractivity contribution in [2.75, 3.05) is 32.7 Å². The molecule has 1 unspecified atom stereocenters. The first-order valence-electron chi connectivity index (χ1n) is 8.21. The molecule has 2 aromatic heterocycles. The van der Waals surface area contributed by atoms with Gasteiger partial charge in [0.2, 0.25) is 0 Å². The number of halogens is 5. The van der Waals surface area contributed by atoms with Crippen molar-refractivity contribution in [2.24, 2.45) is 0 Å². The predicted molar refractivity (Wildman–Crippen MR) is 102 cm³/mol. The number of hydrogen-bond acceptors (Lipinski definition) is 5. The normalized spacial score (nSPS) is 15.8. The molecule has 3 heterocycles. The fourth-order valence-corrected chi connectivity index (χ4v) is 2.83. The summed E-state index contributed by atoms with van der Waals surface area (Å²) in [5, 5.41) is 9.43. The zero-order valence-corrected chi connectivity index (χ0v) is 16.4. The van der Waals surface area contributed by atoms with Gasteiger partial charge in [0.15, 0.2) is 5.82 Å². The van der Waals surface area contributed by atoms with Crippen LogP contribution in [0.1, 0.15) is 10.4 Å². The number of aromatic nitrogens is 3. The molecule has 28 heavy (non-hydrogen) atoms. The van der Waals surface area contributed by atoms with Gasteiger partial charge in [-0.15, -0.1) is 24.8 Å². The standard InChI is InChI=1S/C16H19F3N6O.2ClH/c17-16(18,19)13(24-8-5-20-6-9-24)11-22-15(26)12-2-4-21-14(10-12)25-7-1-3-23-25;;/h1-4,7,10,13,20H,5-6,8-9,11H2,(H,22,26);2*1H. The molecule has 1 saturated heterocycles. The Morgan fingerprint density at radius 1 is 1.25 bits per heavy atom. The first-order valence-corrected chi connectivity index (χ1v) is 8.21. The number of amides is 1. The molecule has 1 amide bonds. The van der Waals surface area contributed by atoms with Crippen LogP contribution < -0.4 is 10.6 Å². The molecule has 1 atom stereocenters. The van der Waals surface area contributed by atoms with E-state index in [9.17, 15) is 18.0 Å². The van der Waals surface area contributed by atoms with Gasteiger partial charge in [0.1, 0.15) is 6.04 Å². The molecule has 2 aromatic rings. The SMILES string of the molecule is Cl.Cl.O=C(NCC(N1CCNCC1)C(F)(F)F)c1ccnc(-n2cccn2)c1. The average Bonchev–Trinajstić information content (AvgIpc) is 3.16. The van der Waals surface area contributed by atoms with Crippen LogP contribution >= 0.6 is 24.8 Å². The summed E-state index contributed by atoms with van der Waals surface area (Å²) in [6.07, 6.45) is 0.233. The third kappa shape index (κ3) is 6.06. The Morgan fingerprint density at radius 2 is 1.96 bits per heavy atom. The maximum atomic E-state index is 13.4. The van der Waals surface area contributed by atoms with Crippen molar-refractivity contribution < 1.29 is 18.0 Å². The predicted octanol–water partition coefficient (Wildman–Crippen LogP) is 1.68. The van der Waals surface area contributed by atoms with Crippen molar-refractivity contribution in [3.05, 3.63) is 42.4 Å². The Labute approximate surface area is 172 Å². The van der Waals surface area contributed by atoms with Crippen molar-refractivity contribution >= 4 is 30.7 Å². The van der Waals surface area contributed by atoms with Gasteiger partial charge in [0, 0.05) is 56.9 Å². The third-order valence-electron chi connectivity index (χ3n) is 4.17. The lowest BCUT2D eigenvalue weighted by Crippen LogP contribution is -2.57. The summed E-state index contributed by atoms with van der Waals surface area (Å²) in [6.45, 7) is 1.08. The van der Waals surface area contributed by atoms with Crippen molar-refractivity contribution in [1.29, 1.82) is 0 Å². The topological polar surface area (TPSA) is 75.1 Å². The number of carbonyl (C=O) groups excluding carboxylic acids is 1. The number of carbonyl (C=O) groups is 1. The van der Waals surface area contributed by atoms with Gasteiger partial charge in [0.25, 0.3) is 5.91 Å². The Hall–Kier alpha value is -1.88. The van der Waals surface area contributed by atoms with E-state index in [4.69, 9.17) is 0 Å². The van der Waals surface area contributed by atoms with E-state index in [0.29, 0.717) is 32.0 Å². The Balaban J connectivity index is 0.00000196. The van der Waals surface area contributed by atoms with Crippen molar-refractivity contribution in [3.8, 4) is 5.82 Å². The van der Waals surface area contributed by atoms with Crippen LogP contribution in [0, 0.1) is 0 Å². The largest absolute Gasteiger partial charge is 0.405 e. The minimum absolute atomic E-state index is 0. The van der Waals surface area contributed by atoms with E-state index in [1.807, 2.05) is 0 Å². The minimum atomic E-state index is -4.41. The highest BCUT2D eigenvalue weighted by Gasteiger charge is 2.43. The van der Waals surface area contributed by atoms with Crippen LogP contribution in [-0.4, -0.2) is 70.5 Å². The highest BCUT2D eigenvalue weighted by Crippen LogP contribution is 2.24. The van der Waals surface area contributed by atoms with Crippen LogP contribution in [0.4, 0.5) is 13.2 Å². The van der Waals surface area contributed by atoms with Gasteiger partial charge in [-0.1, -0.05) is 0 Å². The fourth-order valence-electron chi connectivity index (χ4n) is 2.83. The lowest BCUT2D eigenvalue weighted by atomic mass is 10.2. The molecule has 0 bridgehead atoms. The van der Waals surface area contributed by atoms with E-state index < -0.39 is 24.7 Å². The monoisotopic (exact) mass is 440 g/mol. The molecule has 0 aliphatic carbocycles. The second-order valence-corrected chi connectivity index (χ2v) is 5.91. The zero-order chi connectivity index (χ0) is 18.6. The zero-order valence-electron chi connectivity index (χ0n) is 14.7. The molecule has 0 radical (unpaired) electrons. The summed E-state index contributed by atoms with van der Waals surface area (Å²) in [4.78, 5) is 17.8. The number of rotatable bonds is 5. The van der Waals surface area contributed by atoms with Gasteiger partial charge in [-0.25, -0.2) is 9.67 Å². The third-order valence-corrected chi connectivity index (χ3v) is 4.17. The molecule has 156 valence electrons. The Kier molecular flexibility index (Phi) is 9.15. The highest BCUT2D eigenvalue weighted by atomic mass is 35.5. The molecule has 1 fully saturated rings. The molecule has 1 aliphatic rings. The Morgan fingerprint density at radius 3 is 2.57 bits per heavy atom. The molecule has 3 rings (SSSR count). The first-order chi connectivity index (χ1) is 12.4. The van der Waals surface area contributed by atoms with E-state index in [-0.39, 0.29) is 30.4 Å². The van der Waals surface area contributed by atoms with Crippen LogP contribution in [0.2, 0.25) is 0 Å². The van der Waals surface area contributed by atoms with Gasteiger partial charge >= 0.3 is 6.18 Å². The molecular formula is C16H21Cl2F3N6O. The van der Waals surface area contributed by atoms with Gasteiger partial charge in [-0.3, -0.25) is 9.69 Å². The molecular weight excluding hydrogens is 420 g/mol. The van der Waals surface area contributed by atoms with Crippen LogP contribution in [0.25, 0.3) is 5.82 Å². The van der Waals surface area contributed by atoms with E-state index in [0.717, 1.165) is 0 Å². The van der Waals surface area contributed by atoms with Crippen molar-refractivity contribution in [3.63, 3.8) is 0 Å². The molecule has 0 aromatic carbocycles. The van der Waals surface area contributed by atoms with Gasteiger partial charge in [-0.05, 0) is 18.2 Å². The van der Waals surface area contributed by atoms with E-state index in [1.54, 1.807) is 18.5 Å². The summed E-state index contributed by atoms with van der Waals surface area (Å²) in [6, 6.07) is 2.93. The average molecular weight is 441 g/mol. The van der Waals surface area contributed by atoms with Gasteiger partial charge in [-0.2, -0.15) is 18.3 Å². The maximum absolute atomic E-state index is 13.4. The number of hydrogen-bond donors (Lipinski definition) is 2. The maximum Gasteiger partial charge on any atom is 0.405 e. The molecule has 0 saturated carbocycles. The number of piperazine rings is 1. The number of nitrogens with zero attached hydrogens (tertiary/aromatic N) is 4. The van der Waals surface area contributed by atoms with Crippen LogP contribution in [0.3, 0.4) is 0 Å².